The lowest BCUT2D eigenvalue weighted by atomic mass is 9.74. The van der Waals surface area contributed by atoms with E-state index in [4.69, 9.17) is 4.74 Å². The monoisotopic (exact) mass is 475 g/mol. The Morgan fingerprint density at radius 3 is 2.74 bits per heavy atom. The zero-order valence-corrected chi connectivity index (χ0v) is 20.0. The Morgan fingerprint density at radius 2 is 2.00 bits per heavy atom. The average molecular weight is 476 g/mol. The van der Waals surface area contributed by atoms with E-state index in [1.165, 1.54) is 5.56 Å². The number of methoxy groups -OCH3 is 1. The standard InChI is InChI=1S/C28H33N3O4/c1-35-21-7-8-25-23(15-21)22(9-11-29-25)27(32)16-30-26-10-12-31(17-24(26)28(33)34)20-13-19(14-20)18-5-3-2-4-6-18/h2-9,11,15,19-20,24,26-27,30,32H,10,12-14,16-17H2,1H3,(H,33,34)/t19-,20-,24?,26?,27-/m0/s1. The molecular weight excluding hydrogens is 442 g/mol. The molecule has 0 spiro atoms. The Kier molecular flexibility index (Phi) is 7.00. The van der Waals surface area contributed by atoms with Crippen LogP contribution in [0.15, 0.2) is 60.8 Å². The van der Waals surface area contributed by atoms with Gasteiger partial charge in [0.05, 0.1) is 24.6 Å². The van der Waals surface area contributed by atoms with Gasteiger partial charge in [0.15, 0.2) is 0 Å². The number of aromatic nitrogens is 1. The molecule has 0 radical (unpaired) electrons. The first-order chi connectivity index (χ1) is 17.0. The van der Waals surface area contributed by atoms with Crippen molar-refractivity contribution in [2.75, 3.05) is 26.7 Å². The topological polar surface area (TPSA) is 94.9 Å². The van der Waals surface area contributed by atoms with Gasteiger partial charge in [-0.2, -0.15) is 0 Å². The highest BCUT2D eigenvalue weighted by atomic mass is 16.5. The van der Waals surface area contributed by atoms with Crippen LogP contribution in [0.2, 0.25) is 0 Å². The van der Waals surface area contributed by atoms with Gasteiger partial charge in [-0.25, -0.2) is 0 Å². The van der Waals surface area contributed by atoms with Crippen LogP contribution in [0.4, 0.5) is 0 Å². The summed E-state index contributed by atoms with van der Waals surface area (Å²) in [4.78, 5) is 18.9. The highest BCUT2D eigenvalue weighted by Gasteiger charge is 2.41. The minimum absolute atomic E-state index is 0.175. The van der Waals surface area contributed by atoms with Crippen LogP contribution in [0, 0.1) is 5.92 Å². The first-order valence-electron chi connectivity index (χ1n) is 12.4. The molecule has 3 atom stereocenters. The predicted molar refractivity (Wildman–Crippen MR) is 135 cm³/mol. The highest BCUT2D eigenvalue weighted by molar-refractivity contribution is 5.83. The van der Waals surface area contributed by atoms with E-state index in [9.17, 15) is 15.0 Å². The van der Waals surface area contributed by atoms with Crippen molar-refractivity contribution in [3.8, 4) is 5.75 Å². The zero-order chi connectivity index (χ0) is 24.4. The molecule has 1 aliphatic carbocycles. The molecule has 3 N–H and O–H groups in total. The van der Waals surface area contributed by atoms with Crippen LogP contribution in [-0.4, -0.2) is 64.9 Å². The molecule has 2 aromatic carbocycles. The third kappa shape index (κ3) is 5.03. The normalized spacial score (nSPS) is 25.7. The van der Waals surface area contributed by atoms with Gasteiger partial charge in [-0.1, -0.05) is 30.3 Å². The maximum Gasteiger partial charge on any atom is 0.309 e. The van der Waals surface area contributed by atoms with Gasteiger partial charge in [0, 0.05) is 36.8 Å². The number of carboxylic acid groups (broad SMARTS) is 1. The van der Waals surface area contributed by atoms with E-state index in [-0.39, 0.29) is 12.6 Å². The number of pyridine rings is 1. The number of nitrogens with zero attached hydrogens (tertiary/aromatic N) is 2. The maximum atomic E-state index is 12.1. The van der Waals surface area contributed by atoms with Crippen molar-refractivity contribution in [2.24, 2.45) is 5.92 Å². The maximum absolute atomic E-state index is 12.1. The summed E-state index contributed by atoms with van der Waals surface area (Å²) in [6, 6.07) is 18.3. The number of benzene rings is 2. The number of ether oxygens (including phenoxy) is 1. The van der Waals surface area contributed by atoms with Gasteiger partial charge >= 0.3 is 5.97 Å². The van der Waals surface area contributed by atoms with Crippen LogP contribution in [0.25, 0.3) is 10.9 Å². The van der Waals surface area contributed by atoms with Crippen molar-refractivity contribution < 1.29 is 19.7 Å². The van der Waals surface area contributed by atoms with Gasteiger partial charge in [0.1, 0.15) is 5.75 Å². The van der Waals surface area contributed by atoms with Gasteiger partial charge in [0.2, 0.25) is 0 Å². The number of rotatable bonds is 8. The molecule has 1 aromatic heterocycles. The average Bonchev–Trinajstić information content (AvgIpc) is 2.86. The van der Waals surface area contributed by atoms with Crippen molar-refractivity contribution in [3.05, 3.63) is 71.9 Å². The largest absolute Gasteiger partial charge is 0.497 e. The molecule has 184 valence electrons. The van der Waals surface area contributed by atoms with Crippen molar-refractivity contribution in [2.45, 2.75) is 43.4 Å². The lowest BCUT2D eigenvalue weighted by molar-refractivity contribution is -0.145. The molecular formula is C28H33N3O4. The van der Waals surface area contributed by atoms with Gasteiger partial charge in [0.25, 0.3) is 0 Å². The summed E-state index contributed by atoms with van der Waals surface area (Å²) >= 11 is 0. The van der Waals surface area contributed by atoms with E-state index in [1.807, 2.05) is 30.3 Å². The van der Waals surface area contributed by atoms with Gasteiger partial charge in [-0.15, -0.1) is 0 Å². The number of carboxylic acids is 1. The SMILES string of the molecule is COc1ccc2nccc([C@@H](O)CNC3CCN([C@H]4C[C@H](c5ccccc5)C4)CC3C(=O)O)c2c1. The third-order valence-electron chi connectivity index (χ3n) is 7.78. The zero-order valence-electron chi connectivity index (χ0n) is 20.0. The Labute approximate surface area is 205 Å². The smallest absolute Gasteiger partial charge is 0.309 e. The minimum Gasteiger partial charge on any atom is -0.497 e. The van der Waals surface area contributed by atoms with E-state index in [1.54, 1.807) is 13.3 Å². The van der Waals surface area contributed by atoms with E-state index in [2.05, 4.69) is 39.5 Å². The number of aliphatic hydroxyl groups is 1. The second kappa shape index (κ2) is 10.3. The summed E-state index contributed by atoms with van der Waals surface area (Å²) in [5.41, 5.74) is 2.92. The Bertz CT molecular complexity index is 1170. The van der Waals surface area contributed by atoms with Gasteiger partial charge in [-0.05, 0) is 67.1 Å². The highest BCUT2D eigenvalue weighted by Crippen LogP contribution is 2.41. The fourth-order valence-electron chi connectivity index (χ4n) is 5.62. The summed E-state index contributed by atoms with van der Waals surface area (Å²) in [7, 11) is 1.61. The number of hydrogen-bond acceptors (Lipinski definition) is 6. The second-order valence-corrected chi connectivity index (χ2v) is 9.77. The van der Waals surface area contributed by atoms with Crippen LogP contribution < -0.4 is 10.1 Å². The number of aliphatic carboxylic acids is 1. The molecule has 35 heavy (non-hydrogen) atoms. The number of aliphatic hydroxyl groups excluding tert-OH is 1. The molecule has 3 aromatic rings. The van der Waals surface area contributed by atoms with E-state index < -0.39 is 18.0 Å². The minimum atomic E-state index is -0.779. The van der Waals surface area contributed by atoms with Crippen LogP contribution in [0.3, 0.4) is 0 Å². The van der Waals surface area contributed by atoms with E-state index >= 15 is 0 Å². The molecule has 1 saturated carbocycles. The molecule has 0 amide bonds. The summed E-state index contributed by atoms with van der Waals surface area (Å²) in [6.07, 6.45) is 3.84. The number of fused-ring (bicyclic) bond motifs is 1. The Morgan fingerprint density at radius 1 is 1.20 bits per heavy atom. The number of likely N-dealkylation sites (tertiary alicyclic amines) is 1. The first-order valence-corrected chi connectivity index (χ1v) is 12.4. The third-order valence-corrected chi connectivity index (χ3v) is 7.78. The summed E-state index contributed by atoms with van der Waals surface area (Å²) < 4.78 is 5.33. The van der Waals surface area contributed by atoms with Crippen molar-refractivity contribution in [1.82, 2.24) is 15.2 Å². The summed E-state index contributed by atoms with van der Waals surface area (Å²) in [5, 5.41) is 25.1. The molecule has 2 heterocycles. The van der Waals surface area contributed by atoms with Crippen LogP contribution in [0.1, 0.15) is 42.4 Å². The molecule has 2 aliphatic rings. The lowest BCUT2D eigenvalue weighted by Crippen LogP contribution is -2.57. The number of hydrogen-bond donors (Lipinski definition) is 3. The number of piperidine rings is 1. The fourth-order valence-corrected chi connectivity index (χ4v) is 5.62. The second-order valence-electron chi connectivity index (χ2n) is 9.77. The van der Waals surface area contributed by atoms with Crippen LogP contribution >= 0.6 is 0 Å². The fraction of sp³-hybridized carbons (Fsp3) is 0.429. The van der Waals surface area contributed by atoms with Crippen LogP contribution in [-0.2, 0) is 4.79 Å². The lowest BCUT2D eigenvalue weighted by Gasteiger charge is -2.47. The number of nitrogens with one attached hydrogen (secondary N) is 1. The van der Waals surface area contributed by atoms with Crippen LogP contribution in [0.5, 0.6) is 5.75 Å². The summed E-state index contributed by atoms with van der Waals surface area (Å²) in [5.74, 6) is 0.000673. The van der Waals surface area contributed by atoms with Crippen molar-refractivity contribution in [3.63, 3.8) is 0 Å². The van der Waals surface area contributed by atoms with E-state index in [0.29, 0.717) is 24.3 Å². The molecule has 2 unspecified atom stereocenters. The molecule has 7 nitrogen and oxygen atoms in total. The van der Waals surface area contributed by atoms with Crippen molar-refractivity contribution >= 4 is 16.9 Å². The van der Waals surface area contributed by atoms with Gasteiger partial charge in [-0.3, -0.25) is 14.7 Å². The predicted octanol–water partition coefficient (Wildman–Crippen LogP) is 3.59. The molecule has 0 bridgehead atoms. The molecule has 7 heteroatoms. The summed E-state index contributed by atoms with van der Waals surface area (Å²) in [6.45, 7) is 1.70. The quantitative estimate of drug-likeness (QED) is 0.458. The van der Waals surface area contributed by atoms with Gasteiger partial charge < -0.3 is 20.3 Å². The molecule has 1 saturated heterocycles. The molecule has 2 fully saturated rings. The Balaban J connectivity index is 1.20. The number of carbonyl (C=O) groups is 1. The first kappa shape index (κ1) is 23.7. The van der Waals surface area contributed by atoms with Crippen molar-refractivity contribution in [1.29, 1.82) is 0 Å². The molecule has 1 aliphatic heterocycles. The molecule has 5 rings (SSSR count). The van der Waals surface area contributed by atoms with E-state index in [0.717, 1.165) is 42.3 Å². The Hall–Kier alpha value is -3.00.